The summed E-state index contributed by atoms with van der Waals surface area (Å²) in [4.78, 5) is 11.3. The first-order valence-corrected chi connectivity index (χ1v) is 7.89. The molecule has 0 fully saturated rings. The summed E-state index contributed by atoms with van der Waals surface area (Å²) in [7, 11) is 0. The lowest BCUT2D eigenvalue weighted by Crippen LogP contribution is -2.00. The Morgan fingerprint density at radius 2 is 1.78 bits per heavy atom. The first-order chi connectivity index (χ1) is 11.3. The van der Waals surface area contributed by atoms with Crippen LogP contribution in [0.2, 0.25) is 0 Å². The fourth-order valence-electron chi connectivity index (χ4n) is 2.60. The molecule has 4 heteroatoms. The Labute approximate surface area is 135 Å². The van der Waals surface area contributed by atoms with Crippen molar-refractivity contribution in [3.05, 3.63) is 65.9 Å². The first kappa shape index (κ1) is 15.2. The zero-order chi connectivity index (χ0) is 16.1. The Morgan fingerprint density at radius 1 is 1.04 bits per heavy atom. The molecule has 0 atom stereocenters. The number of aromatic nitrogens is 3. The molecule has 0 amide bonds. The lowest BCUT2D eigenvalue weighted by atomic mass is 10.1. The summed E-state index contributed by atoms with van der Waals surface area (Å²) in [6.45, 7) is 2.19. The van der Waals surface area contributed by atoms with E-state index in [0.29, 0.717) is 5.69 Å². The highest BCUT2D eigenvalue weighted by atomic mass is 16.1. The van der Waals surface area contributed by atoms with Gasteiger partial charge in [0.1, 0.15) is 5.69 Å². The molecule has 0 N–H and O–H groups in total. The Kier molecular flexibility index (Phi) is 4.62. The monoisotopic (exact) mass is 305 g/mol. The van der Waals surface area contributed by atoms with Crippen LogP contribution in [0.15, 0.2) is 54.6 Å². The van der Waals surface area contributed by atoms with Crippen LogP contribution in [-0.4, -0.2) is 21.3 Å². The van der Waals surface area contributed by atoms with Gasteiger partial charge in [0.25, 0.3) is 0 Å². The van der Waals surface area contributed by atoms with E-state index in [9.17, 15) is 4.79 Å². The second kappa shape index (κ2) is 7.01. The maximum absolute atomic E-state index is 11.3. The van der Waals surface area contributed by atoms with E-state index >= 15 is 0 Å². The third-order valence-electron chi connectivity index (χ3n) is 3.86. The van der Waals surface area contributed by atoms with Gasteiger partial charge in [-0.2, -0.15) is 0 Å². The number of aryl methyl sites for hydroxylation is 1. The summed E-state index contributed by atoms with van der Waals surface area (Å²) in [5.41, 5.74) is 4.22. The van der Waals surface area contributed by atoms with Gasteiger partial charge < -0.3 is 0 Å². The smallest absolute Gasteiger partial charge is 0.172 e. The number of hydrogen-bond acceptors (Lipinski definition) is 3. The van der Waals surface area contributed by atoms with E-state index in [4.69, 9.17) is 0 Å². The number of carbonyl (C=O) groups is 1. The summed E-state index contributed by atoms with van der Waals surface area (Å²) < 4.78 is 1.72. The van der Waals surface area contributed by atoms with Crippen LogP contribution in [0.5, 0.6) is 0 Å². The molecule has 4 nitrogen and oxygen atoms in total. The Hall–Kier alpha value is -2.75. The van der Waals surface area contributed by atoms with E-state index < -0.39 is 0 Å². The predicted molar refractivity (Wildman–Crippen MR) is 90.8 cm³/mol. The minimum absolute atomic E-state index is 0.353. The van der Waals surface area contributed by atoms with Gasteiger partial charge in [-0.25, -0.2) is 4.68 Å². The maximum Gasteiger partial charge on any atom is 0.172 e. The van der Waals surface area contributed by atoms with Crippen molar-refractivity contribution in [3.63, 3.8) is 0 Å². The Bertz CT molecular complexity index is 776. The van der Waals surface area contributed by atoms with Crippen molar-refractivity contribution in [2.75, 3.05) is 0 Å². The van der Waals surface area contributed by atoms with Crippen LogP contribution in [0.25, 0.3) is 16.9 Å². The third-order valence-corrected chi connectivity index (χ3v) is 3.86. The molecule has 1 aromatic heterocycles. The van der Waals surface area contributed by atoms with Crippen molar-refractivity contribution in [2.45, 2.75) is 26.2 Å². The van der Waals surface area contributed by atoms with Crippen LogP contribution >= 0.6 is 0 Å². The molecule has 0 aliphatic heterocycles. The molecule has 1 heterocycles. The minimum Gasteiger partial charge on any atom is -0.296 e. The van der Waals surface area contributed by atoms with E-state index in [0.717, 1.165) is 29.7 Å². The number of rotatable bonds is 6. The van der Waals surface area contributed by atoms with Crippen LogP contribution in [-0.2, 0) is 6.42 Å². The number of nitrogens with zero attached hydrogens (tertiary/aromatic N) is 3. The zero-order valence-electron chi connectivity index (χ0n) is 13.1. The summed E-state index contributed by atoms with van der Waals surface area (Å²) >= 11 is 0. The molecule has 0 bridgehead atoms. The molecule has 3 rings (SSSR count). The van der Waals surface area contributed by atoms with Crippen LogP contribution < -0.4 is 0 Å². The van der Waals surface area contributed by atoms with Crippen LogP contribution in [0, 0.1) is 0 Å². The summed E-state index contributed by atoms with van der Waals surface area (Å²) in [5.74, 6) is 0. The van der Waals surface area contributed by atoms with Gasteiger partial charge in [-0.05, 0) is 30.5 Å². The van der Waals surface area contributed by atoms with Gasteiger partial charge in [0, 0.05) is 5.56 Å². The average molecular weight is 305 g/mol. The normalized spacial score (nSPS) is 10.7. The van der Waals surface area contributed by atoms with Crippen molar-refractivity contribution in [1.29, 1.82) is 0 Å². The molecule has 0 unspecified atom stereocenters. The second-order valence-electron chi connectivity index (χ2n) is 5.49. The highest BCUT2D eigenvalue weighted by Crippen LogP contribution is 2.24. The maximum atomic E-state index is 11.3. The van der Waals surface area contributed by atoms with Gasteiger partial charge >= 0.3 is 0 Å². The fraction of sp³-hybridized carbons (Fsp3) is 0.211. The molecule has 0 aliphatic rings. The van der Waals surface area contributed by atoms with Crippen molar-refractivity contribution >= 4 is 6.29 Å². The second-order valence-corrected chi connectivity index (χ2v) is 5.49. The van der Waals surface area contributed by atoms with E-state index in [-0.39, 0.29) is 0 Å². The van der Waals surface area contributed by atoms with Crippen LogP contribution in [0.4, 0.5) is 0 Å². The highest BCUT2D eigenvalue weighted by Gasteiger charge is 2.15. The highest BCUT2D eigenvalue weighted by molar-refractivity contribution is 5.83. The van der Waals surface area contributed by atoms with E-state index in [1.807, 2.05) is 42.5 Å². The molecule has 0 saturated carbocycles. The molecule has 2 aromatic carbocycles. The van der Waals surface area contributed by atoms with E-state index in [1.165, 1.54) is 18.4 Å². The summed E-state index contributed by atoms with van der Waals surface area (Å²) in [6.07, 6.45) is 4.21. The number of benzene rings is 2. The largest absolute Gasteiger partial charge is 0.296 e. The number of aldehydes is 1. The zero-order valence-corrected chi connectivity index (χ0v) is 13.1. The molecule has 0 aliphatic carbocycles. The molecule has 0 saturated heterocycles. The van der Waals surface area contributed by atoms with E-state index in [1.54, 1.807) is 4.68 Å². The van der Waals surface area contributed by atoms with Crippen molar-refractivity contribution in [2.24, 2.45) is 0 Å². The topological polar surface area (TPSA) is 47.8 Å². The minimum atomic E-state index is 0.353. The van der Waals surface area contributed by atoms with Gasteiger partial charge in [-0.3, -0.25) is 4.79 Å². The van der Waals surface area contributed by atoms with Gasteiger partial charge in [0.05, 0.1) is 5.69 Å². The standard InChI is InChI=1S/C19H19N3O/c1-2-3-7-15-10-12-17(13-11-15)22-19(18(14-23)20-21-22)16-8-5-4-6-9-16/h4-6,8-14H,2-3,7H2,1H3. The van der Waals surface area contributed by atoms with E-state index in [2.05, 4.69) is 29.4 Å². The van der Waals surface area contributed by atoms with Crippen molar-refractivity contribution < 1.29 is 4.79 Å². The first-order valence-electron chi connectivity index (χ1n) is 7.89. The lowest BCUT2D eigenvalue weighted by Gasteiger charge is -2.08. The number of unbranched alkanes of at least 4 members (excludes halogenated alkanes) is 1. The van der Waals surface area contributed by atoms with Gasteiger partial charge in [0.15, 0.2) is 12.0 Å². The predicted octanol–water partition coefficient (Wildman–Crippen LogP) is 4.09. The molecule has 0 radical (unpaired) electrons. The van der Waals surface area contributed by atoms with Crippen LogP contribution in [0.1, 0.15) is 35.8 Å². The SMILES string of the molecule is CCCCc1ccc(-n2nnc(C=O)c2-c2ccccc2)cc1. The van der Waals surface area contributed by atoms with Crippen molar-refractivity contribution in [3.8, 4) is 16.9 Å². The van der Waals surface area contributed by atoms with Gasteiger partial charge in [0.2, 0.25) is 0 Å². The molecule has 0 spiro atoms. The Balaban J connectivity index is 2.00. The number of carbonyl (C=O) groups excluding carboxylic acids is 1. The summed E-state index contributed by atoms with van der Waals surface area (Å²) in [5, 5.41) is 8.17. The van der Waals surface area contributed by atoms with Gasteiger partial charge in [-0.1, -0.05) is 61.0 Å². The van der Waals surface area contributed by atoms with Crippen molar-refractivity contribution in [1.82, 2.24) is 15.0 Å². The molecular weight excluding hydrogens is 286 g/mol. The van der Waals surface area contributed by atoms with Crippen LogP contribution in [0.3, 0.4) is 0 Å². The average Bonchev–Trinajstić information content (AvgIpc) is 3.05. The van der Waals surface area contributed by atoms with Gasteiger partial charge in [-0.15, -0.1) is 5.10 Å². The third kappa shape index (κ3) is 3.21. The molecular formula is C19H19N3O. The summed E-state index contributed by atoms with van der Waals surface area (Å²) in [6, 6.07) is 18.0. The molecule has 3 aromatic rings. The quantitative estimate of drug-likeness (QED) is 0.644. The lowest BCUT2D eigenvalue weighted by molar-refractivity contribution is 0.111. The fourth-order valence-corrected chi connectivity index (χ4v) is 2.60. The molecule has 23 heavy (non-hydrogen) atoms. The Morgan fingerprint density at radius 3 is 2.43 bits per heavy atom. The molecule has 116 valence electrons. The number of hydrogen-bond donors (Lipinski definition) is 0.